The Balaban J connectivity index is 1.52. The van der Waals surface area contributed by atoms with Crippen molar-refractivity contribution in [2.75, 3.05) is 17.3 Å². The van der Waals surface area contributed by atoms with Gasteiger partial charge in [0.15, 0.2) is 11.2 Å². The highest BCUT2D eigenvalue weighted by molar-refractivity contribution is 7.14. The van der Waals surface area contributed by atoms with Crippen molar-refractivity contribution in [1.29, 1.82) is 0 Å². The highest BCUT2D eigenvalue weighted by atomic mass is 32.1. The van der Waals surface area contributed by atoms with E-state index in [1.165, 1.54) is 23.2 Å². The zero-order valence-electron chi connectivity index (χ0n) is 16.6. The Kier molecular flexibility index (Phi) is 6.92. The third-order valence-corrected chi connectivity index (χ3v) is 5.07. The molecule has 0 aliphatic carbocycles. The number of hydrogen-bond acceptors (Lipinski definition) is 6. The molecule has 3 aromatic rings. The molecule has 0 radical (unpaired) electrons. The van der Waals surface area contributed by atoms with E-state index in [0.29, 0.717) is 22.1 Å². The van der Waals surface area contributed by atoms with E-state index in [1.54, 1.807) is 48.8 Å². The standard InChI is InChI=1S/C22H21N3O4S/c1-15(21(28)25(2)18-11-7-4-8-12-18)29-19(26)13-17-14-30-22(23-17)24-20(27)16-9-5-3-6-10-16/h3-12,14-15H,13H2,1-2H3,(H,23,24,27)/t15-/m0/s1. The summed E-state index contributed by atoms with van der Waals surface area (Å²) >= 11 is 1.22. The Morgan fingerprint density at radius 2 is 1.70 bits per heavy atom. The summed E-state index contributed by atoms with van der Waals surface area (Å²) in [5, 5.41) is 4.76. The maximum Gasteiger partial charge on any atom is 0.312 e. The second-order valence-corrected chi connectivity index (χ2v) is 7.36. The highest BCUT2D eigenvalue weighted by Gasteiger charge is 2.23. The molecule has 0 spiro atoms. The summed E-state index contributed by atoms with van der Waals surface area (Å²) in [5.74, 6) is -1.17. The Labute approximate surface area is 178 Å². The number of aromatic nitrogens is 1. The summed E-state index contributed by atoms with van der Waals surface area (Å²) in [6.45, 7) is 1.53. The van der Waals surface area contributed by atoms with E-state index < -0.39 is 12.1 Å². The third kappa shape index (κ3) is 5.51. The maximum absolute atomic E-state index is 12.5. The smallest absolute Gasteiger partial charge is 0.312 e. The van der Waals surface area contributed by atoms with E-state index >= 15 is 0 Å². The molecule has 2 aromatic carbocycles. The summed E-state index contributed by atoms with van der Waals surface area (Å²) in [6.07, 6.45) is -1.02. The van der Waals surface area contributed by atoms with Gasteiger partial charge in [0.05, 0.1) is 12.1 Å². The summed E-state index contributed by atoms with van der Waals surface area (Å²) in [6, 6.07) is 17.9. The first-order valence-corrected chi connectivity index (χ1v) is 10.1. The number of likely N-dealkylation sites (N-methyl/N-ethyl adjacent to an activating group) is 1. The first-order chi connectivity index (χ1) is 14.4. The molecule has 0 aliphatic rings. The third-order valence-electron chi connectivity index (χ3n) is 4.26. The lowest BCUT2D eigenvalue weighted by molar-refractivity contribution is -0.153. The van der Waals surface area contributed by atoms with Crippen molar-refractivity contribution in [2.24, 2.45) is 0 Å². The van der Waals surface area contributed by atoms with Gasteiger partial charge < -0.3 is 9.64 Å². The zero-order chi connectivity index (χ0) is 21.5. The zero-order valence-corrected chi connectivity index (χ0v) is 17.4. The van der Waals surface area contributed by atoms with E-state index in [0.717, 1.165) is 0 Å². The molecule has 3 rings (SSSR count). The summed E-state index contributed by atoms with van der Waals surface area (Å²) in [7, 11) is 1.63. The fourth-order valence-corrected chi connectivity index (χ4v) is 3.40. The van der Waals surface area contributed by atoms with Gasteiger partial charge in [0.25, 0.3) is 11.8 Å². The van der Waals surface area contributed by atoms with E-state index in [9.17, 15) is 14.4 Å². The number of para-hydroxylation sites is 1. The number of esters is 1. The molecular weight excluding hydrogens is 402 g/mol. The molecule has 0 aliphatic heterocycles. The van der Waals surface area contributed by atoms with Crippen molar-refractivity contribution >= 4 is 39.9 Å². The van der Waals surface area contributed by atoms with E-state index in [-0.39, 0.29) is 18.2 Å². The van der Waals surface area contributed by atoms with Crippen LogP contribution in [-0.2, 0) is 20.7 Å². The normalized spacial score (nSPS) is 11.4. The number of ether oxygens (including phenoxy) is 1. The molecule has 0 fully saturated rings. The molecule has 1 aromatic heterocycles. The Morgan fingerprint density at radius 1 is 1.07 bits per heavy atom. The lowest BCUT2D eigenvalue weighted by Gasteiger charge is -2.21. The molecular formula is C22H21N3O4S. The quantitative estimate of drug-likeness (QED) is 0.587. The lowest BCUT2D eigenvalue weighted by Crippen LogP contribution is -2.37. The summed E-state index contributed by atoms with van der Waals surface area (Å²) in [5.41, 5.74) is 1.69. The molecule has 30 heavy (non-hydrogen) atoms. The van der Waals surface area contributed by atoms with Gasteiger partial charge >= 0.3 is 5.97 Å². The number of anilines is 2. The molecule has 2 amide bonds. The molecule has 0 unspecified atom stereocenters. The largest absolute Gasteiger partial charge is 0.452 e. The second kappa shape index (κ2) is 9.80. The number of hydrogen-bond donors (Lipinski definition) is 1. The monoisotopic (exact) mass is 423 g/mol. The van der Waals surface area contributed by atoms with Crippen molar-refractivity contribution in [3.63, 3.8) is 0 Å². The predicted molar refractivity (Wildman–Crippen MR) is 116 cm³/mol. The number of carbonyl (C=O) groups is 3. The van der Waals surface area contributed by atoms with E-state index in [4.69, 9.17) is 4.74 Å². The van der Waals surface area contributed by atoms with Gasteiger partial charge in [-0.15, -0.1) is 11.3 Å². The second-order valence-electron chi connectivity index (χ2n) is 6.51. The first-order valence-electron chi connectivity index (χ1n) is 9.27. The van der Waals surface area contributed by atoms with Gasteiger partial charge in [0.2, 0.25) is 0 Å². The van der Waals surface area contributed by atoms with Crippen LogP contribution >= 0.6 is 11.3 Å². The van der Waals surface area contributed by atoms with Crippen LogP contribution in [0.3, 0.4) is 0 Å². The van der Waals surface area contributed by atoms with Crippen LogP contribution in [-0.4, -0.2) is 35.9 Å². The molecule has 8 heteroatoms. The maximum atomic E-state index is 12.5. The molecule has 1 heterocycles. The number of thiazole rings is 1. The highest BCUT2D eigenvalue weighted by Crippen LogP contribution is 2.18. The average Bonchev–Trinajstić information content (AvgIpc) is 3.20. The predicted octanol–water partition coefficient (Wildman–Crippen LogP) is 3.53. The van der Waals surface area contributed by atoms with Gasteiger partial charge in [-0.3, -0.25) is 19.7 Å². The average molecular weight is 423 g/mol. The van der Waals surface area contributed by atoms with E-state index in [1.807, 2.05) is 24.3 Å². The van der Waals surface area contributed by atoms with Crippen LogP contribution in [0, 0.1) is 0 Å². The van der Waals surface area contributed by atoms with Gasteiger partial charge in [-0.1, -0.05) is 36.4 Å². The van der Waals surface area contributed by atoms with Crippen molar-refractivity contribution in [1.82, 2.24) is 4.98 Å². The molecule has 1 N–H and O–H groups in total. The Morgan fingerprint density at radius 3 is 2.37 bits per heavy atom. The van der Waals surface area contributed by atoms with Gasteiger partial charge in [0, 0.05) is 23.7 Å². The Bertz CT molecular complexity index is 1020. The fraction of sp³-hybridized carbons (Fsp3) is 0.182. The molecule has 1 atom stereocenters. The van der Waals surface area contributed by atoms with Crippen LogP contribution in [0.15, 0.2) is 66.0 Å². The molecule has 7 nitrogen and oxygen atoms in total. The number of rotatable bonds is 7. The first kappa shape index (κ1) is 21.2. The van der Waals surface area contributed by atoms with Crippen molar-refractivity contribution in [2.45, 2.75) is 19.4 Å². The summed E-state index contributed by atoms with van der Waals surface area (Å²) < 4.78 is 5.27. The van der Waals surface area contributed by atoms with Crippen molar-refractivity contribution in [3.8, 4) is 0 Å². The minimum absolute atomic E-state index is 0.0929. The van der Waals surface area contributed by atoms with Crippen LogP contribution in [0.4, 0.5) is 10.8 Å². The lowest BCUT2D eigenvalue weighted by atomic mass is 10.2. The number of nitrogens with zero attached hydrogens (tertiary/aromatic N) is 2. The summed E-state index contributed by atoms with van der Waals surface area (Å²) in [4.78, 5) is 42.6. The SMILES string of the molecule is C[C@H](OC(=O)Cc1csc(NC(=O)c2ccccc2)n1)C(=O)N(C)c1ccccc1. The topological polar surface area (TPSA) is 88.6 Å². The van der Waals surface area contributed by atoms with Gasteiger partial charge in [0.1, 0.15) is 0 Å². The van der Waals surface area contributed by atoms with Crippen LogP contribution in [0.2, 0.25) is 0 Å². The molecule has 0 saturated heterocycles. The number of carbonyl (C=O) groups excluding carboxylic acids is 3. The molecule has 154 valence electrons. The minimum atomic E-state index is -0.932. The molecule has 0 bridgehead atoms. The van der Waals surface area contributed by atoms with Gasteiger partial charge in [-0.25, -0.2) is 4.98 Å². The van der Waals surface area contributed by atoms with Gasteiger partial charge in [-0.05, 0) is 31.2 Å². The van der Waals surface area contributed by atoms with Crippen LogP contribution < -0.4 is 10.2 Å². The van der Waals surface area contributed by atoms with E-state index in [2.05, 4.69) is 10.3 Å². The van der Waals surface area contributed by atoms with Crippen molar-refractivity contribution in [3.05, 3.63) is 77.3 Å². The Hall–Kier alpha value is -3.52. The number of nitrogens with one attached hydrogen (secondary N) is 1. The molecule has 0 saturated carbocycles. The van der Waals surface area contributed by atoms with Crippen LogP contribution in [0.25, 0.3) is 0 Å². The van der Waals surface area contributed by atoms with Crippen LogP contribution in [0.1, 0.15) is 23.0 Å². The van der Waals surface area contributed by atoms with Crippen molar-refractivity contribution < 1.29 is 19.1 Å². The minimum Gasteiger partial charge on any atom is -0.452 e. The van der Waals surface area contributed by atoms with Gasteiger partial charge in [-0.2, -0.15) is 0 Å². The fourth-order valence-electron chi connectivity index (χ4n) is 2.69. The number of amides is 2. The van der Waals surface area contributed by atoms with Crippen LogP contribution in [0.5, 0.6) is 0 Å². The number of benzene rings is 2.